The Morgan fingerprint density at radius 2 is 2.17 bits per heavy atom. The Bertz CT molecular complexity index is 275. The molecule has 2 N–H and O–H groups in total. The Hall–Kier alpha value is -0.340. The number of rotatable bonds is 1. The average molecular weight is 181 g/mol. The van der Waals surface area contributed by atoms with Crippen LogP contribution in [0.1, 0.15) is 41.8 Å². The van der Waals surface area contributed by atoms with E-state index in [4.69, 9.17) is 5.73 Å². The molecule has 0 radical (unpaired) electrons. The number of hydrogen-bond acceptors (Lipinski definition) is 2. The Labute approximate surface area is 77.6 Å². The van der Waals surface area contributed by atoms with Crippen LogP contribution in [0.15, 0.2) is 5.38 Å². The van der Waals surface area contributed by atoms with E-state index >= 15 is 0 Å². The highest BCUT2D eigenvalue weighted by Crippen LogP contribution is 2.32. The minimum Gasteiger partial charge on any atom is -0.324 e. The van der Waals surface area contributed by atoms with Gasteiger partial charge in [-0.25, -0.2) is 0 Å². The quantitative estimate of drug-likeness (QED) is 0.708. The van der Waals surface area contributed by atoms with Crippen molar-refractivity contribution in [3.05, 3.63) is 21.4 Å². The van der Waals surface area contributed by atoms with Crippen LogP contribution in [-0.4, -0.2) is 0 Å². The maximum Gasteiger partial charge on any atom is 0.0277 e. The standard InChI is InChI=1S/C10H15NS/c1-7(11)9-6-12-10-5-3-2-4-8(9)10/h6-7H,2-5,11H2,1H3/t7-/m1/s1. The van der Waals surface area contributed by atoms with Gasteiger partial charge in [0.05, 0.1) is 0 Å². The van der Waals surface area contributed by atoms with Crippen molar-refractivity contribution in [2.24, 2.45) is 5.73 Å². The van der Waals surface area contributed by atoms with Gasteiger partial charge in [-0.1, -0.05) is 0 Å². The lowest BCUT2D eigenvalue weighted by atomic mass is 9.94. The molecule has 2 rings (SSSR count). The number of thiophene rings is 1. The molecule has 1 heterocycles. The van der Waals surface area contributed by atoms with E-state index in [0.29, 0.717) is 0 Å². The van der Waals surface area contributed by atoms with Gasteiger partial charge in [0.1, 0.15) is 0 Å². The maximum atomic E-state index is 5.89. The first kappa shape index (κ1) is 8.27. The second-order valence-electron chi connectivity index (χ2n) is 3.59. The van der Waals surface area contributed by atoms with Crippen molar-refractivity contribution in [1.82, 2.24) is 0 Å². The van der Waals surface area contributed by atoms with Crippen molar-refractivity contribution in [3.63, 3.8) is 0 Å². The fraction of sp³-hybridized carbons (Fsp3) is 0.600. The topological polar surface area (TPSA) is 26.0 Å². The second kappa shape index (κ2) is 3.19. The van der Waals surface area contributed by atoms with Gasteiger partial charge in [-0.15, -0.1) is 11.3 Å². The van der Waals surface area contributed by atoms with Gasteiger partial charge in [0.15, 0.2) is 0 Å². The third-order valence-electron chi connectivity index (χ3n) is 2.58. The Morgan fingerprint density at radius 3 is 2.92 bits per heavy atom. The van der Waals surface area contributed by atoms with Gasteiger partial charge >= 0.3 is 0 Å². The lowest BCUT2D eigenvalue weighted by Crippen LogP contribution is -2.09. The molecule has 1 aliphatic carbocycles. The van der Waals surface area contributed by atoms with Crippen LogP contribution in [0.4, 0.5) is 0 Å². The molecule has 1 nitrogen and oxygen atoms in total. The average Bonchev–Trinajstić information content (AvgIpc) is 2.47. The van der Waals surface area contributed by atoms with Gasteiger partial charge in [0.2, 0.25) is 0 Å². The number of fused-ring (bicyclic) bond motifs is 1. The third-order valence-corrected chi connectivity index (χ3v) is 3.69. The zero-order chi connectivity index (χ0) is 8.55. The fourth-order valence-electron chi connectivity index (χ4n) is 1.90. The molecule has 0 saturated carbocycles. The zero-order valence-corrected chi connectivity index (χ0v) is 8.29. The van der Waals surface area contributed by atoms with Crippen molar-refractivity contribution in [3.8, 4) is 0 Å². The SMILES string of the molecule is C[C@@H](N)c1csc2c1CCCC2. The van der Waals surface area contributed by atoms with Gasteiger partial charge < -0.3 is 5.73 Å². The molecule has 1 aliphatic rings. The highest BCUT2D eigenvalue weighted by atomic mass is 32.1. The van der Waals surface area contributed by atoms with E-state index in [2.05, 4.69) is 12.3 Å². The van der Waals surface area contributed by atoms with Gasteiger partial charge in [-0.2, -0.15) is 0 Å². The van der Waals surface area contributed by atoms with E-state index in [9.17, 15) is 0 Å². The number of nitrogens with two attached hydrogens (primary N) is 1. The molecule has 66 valence electrons. The Morgan fingerprint density at radius 1 is 1.42 bits per heavy atom. The molecule has 1 aromatic rings. The zero-order valence-electron chi connectivity index (χ0n) is 7.47. The van der Waals surface area contributed by atoms with E-state index in [0.717, 1.165) is 0 Å². The van der Waals surface area contributed by atoms with Crippen LogP contribution in [0.3, 0.4) is 0 Å². The predicted octanol–water partition coefficient (Wildman–Crippen LogP) is 2.65. The van der Waals surface area contributed by atoms with Crippen molar-refractivity contribution >= 4 is 11.3 Å². The molecule has 0 fully saturated rings. The lowest BCUT2D eigenvalue weighted by Gasteiger charge is -2.14. The normalized spacial score (nSPS) is 18.8. The predicted molar refractivity (Wildman–Crippen MR) is 53.6 cm³/mol. The third kappa shape index (κ3) is 1.29. The molecule has 12 heavy (non-hydrogen) atoms. The first-order valence-corrected chi connectivity index (χ1v) is 5.51. The van der Waals surface area contributed by atoms with E-state index in [1.165, 1.54) is 31.2 Å². The number of hydrogen-bond donors (Lipinski definition) is 1. The molecule has 0 saturated heterocycles. The monoisotopic (exact) mass is 181 g/mol. The molecule has 0 spiro atoms. The van der Waals surface area contributed by atoms with Gasteiger partial charge in [-0.05, 0) is 49.1 Å². The molecule has 0 bridgehead atoms. The summed E-state index contributed by atoms with van der Waals surface area (Å²) in [6, 6.07) is 0.225. The minimum absolute atomic E-state index is 0.225. The summed E-state index contributed by atoms with van der Waals surface area (Å²) >= 11 is 1.90. The smallest absolute Gasteiger partial charge is 0.0277 e. The summed E-state index contributed by atoms with van der Waals surface area (Å²) in [5, 5.41) is 2.25. The molecule has 0 aromatic carbocycles. The molecule has 0 unspecified atom stereocenters. The summed E-state index contributed by atoms with van der Waals surface area (Å²) in [5.41, 5.74) is 8.86. The Balaban J connectivity index is 2.38. The van der Waals surface area contributed by atoms with Crippen LogP contribution in [0.2, 0.25) is 0 Å². The van der Waals surface area contributed by atoms with E-state index in [1.807, 2.05) is 11.3 Å². The first-order chi connectivity index (χ1) is 5.79. The van der Waals surface area contributed by atoms with E-state index in [1.54, 1.807) is 10.4 Å². The molecule has 0 aliphatic heterocycles. The van der Waals surface area contributed by atoms with Crippen molar-refractivity contribution < 1.29 is 0 Å². The maximum absolute atomic E-state index is 5.89. The van der Waals surface area contributed by atoms with Gasteiger partial charge in [-0.3, -0.25) is 0 Å². The summed E-state index contributed by atoms with van der Waals surface area (Å²) < 4.78 is 0. The van der Waals surface area contributed by atoms with Gasteiger partial charge in [0.25, 0.3) is 0 Å². The van der Waals surface area contributed by atoms with Crippen LogP contribution < -0.4 is 5.73 Å². The highest BCUT2D eigenvalue weighted by Gasteiger charge is 2.16. The van der Waals surface area contributed by atoms with Crippen molar-refractivity contribution in [2.75, 3.05) is 0 Å². The van der Waals surface area contributed by atoms with Crippen molar-refractivity contribution in [2.45, 2.75) is 38.6 Å². The van der Waals surface area contributed by atoms with E-state index < -0.39 is 0 Å². The lowest BCUT2D eigenvalue weighted by molar-refractivity contribution is 0.680. The highest BCUT2D eigenvalue weighted by molar-refractivity contribution is 7.10. The minimum atomic E-state index is 0.225. The van der Waals surface area contributed by atoms with Gasteiger partial charge in [0, 0.05) is 10.9 Å². The fourth-order valence-corrected chi connectivity index (χ4v) is 3.15. The first-order valence-electron chi connectivity index (χ1n) is 4.63. The molecule has 2 heteroatoms. The van der Waals surface area contributed by atoms with Crippen LogP contribution >= 0.6 is 11.3 Å². The molecule has 0 amide bonds. The molecular weight excluding hydrogens is 166 g/mol. The summed E-state index contributed by atoms with van der Waals surface area (Å²) in [5.74, 6) is 0. The Kier molecular flexibility index (Phi) is 2.20. The summed E-state index contributed by atoms with van der Waals surface area (Å²) in [6.07, 6.45) is 5.26. The van der Waals surface area contributed by atoms with E-state index in [-0.39, 0.29) is 6.04 Å². The molecule has 1 atom stereocenters. The summed E-state index contributed by atoms with van der Waals surface area (Å²) in [4.78, 5) is 1.59. The molecular formula is C10H15NS. The van der Waals surface area contributed by atoms with Crippen LogP contribution in [0.25, 0.3) is 0 Å². The number of aryl methyl sites for hydroxylation is 1. The van der Waals surface area contributed by atoms with Crippen LogP contribution in [0, 0.1) is 0 Å². The largest absolute Gasteiger partial charge is 0.324 e. The van der Waals surface area contributed by atoms with Crippen molar-refractivity contribution in [1.29, 1.82) is 0 Å². The second-order valence-corrected chi connectivity index (χ2v) is 4.55. The molecule has 1 aromatic heterocycles. The summed E-state index contributed by atoms with van der Waals surface area (Å²) in [6.45, 7) is 2.08. The summed E-state index contributed by atoms with van der Waals surface area (Å²) in [7, 11) is 0. The van der Waals surface area contributed by atoms with Crippen LogP contribution in [-0.2, 0) is 12.8 Å². The van der Waals surface area contributed by atoms with Crippen LogP contribution in [0.5, 0.6) is 0 Å².